The molecule has 0 radical (unpaired) electrons. The molecule has 0 aliphatic carbocycles. The van der Waals surface area contributed by atoms with Gasteiger partial charge in [-0.3, -0.25) is 9.59 Å². The first-order valence-electron chi connectivity index (χ1n) is 9.27. The van der Waals surface area contributed by atoms with E-state index < -0.39 is 15.7 Å². The van der Waals surface area contributed by atoms with Crippen LogP contribution in [0.3, 0.4) is 0 Å². The third-order valence-corrected chi connectivity index (χ3v) is 5.98. The first-order chi connectivity index (χ1) is 15.1. The second kappa shape index (κ2) is 9.99. The zero-order valence-corrected chi connectivity index (χ0v) is 19.1. The minimum Gasteiger partial charge on any atom is -0.322 e. The molecule has 3 rings (SSSR count). The lowest BCUT2D eigenvalue weighted by molar-refractivity contribution is -0.111. The van der Waals surface area contributed by atoms with Gasteiger partial charge in [0.05, 0.1) is 15.6 Å². The Morgan fingerprint density at radius 1 is 0.906 bits per heavy atom. The highest BCUT2D eigenvalue weighted by Crippen LogP contribution is 2.26. The summed E-state index contributed by atoms with van der Waals surface area (Å²) in [5, 5.41) is 6.13. The monoisotopic (exact) mass is 488 g/mol. The Labute approximate surface area is 195 Å². The summed E-state index contributed by atoms with van der Waals surface area (Å²) in [4.78, 5) is 24.7. The highest BCUT2D eigenvalue weighted by atomic mass is 35.5. The van der Waals surface area contributed by atoms with Gasteiger partial charge in [0.25, 0.3) is 5.91 Å². The van der Waals surface area contributed by atoms with Crippen LogP contribution in [0.5, 0.6) is 0 Å². The van der Waals surface area contributed by atoms with Gasteiger partial charge in [0.15, 0.2) is 9.84 Å². The topological polar surface area (TPSA) is 92.3 Å². The highest BCUT2D eigenvalue weighted by Gasteiger charge is 2.13. The molecule has 0 unspecified atom stereocenters. The Bertz CT molecular complexity index is 1300. The number of anilines is 2. The molecule has 0 aliphatic rings. The van der Waals surface area contributed by atoms with Crippen LogP contribution in [0.25, 0.3) is 6.08 Å². The maximum absolute atomic E-state index is 12.5. The smallest absolute Gasteiger partial charge is 0.255 e. The maximum atomic E-state index is 12.5. The molecule has 2 N–H and O–H groups in total. The van der Waals surface area contributed by atoms with Crippen molar-refractivity contribution in [1.29, 1.82) is 0 Å². The van der Waals surface area contributed by atoms with E-state index in [1.807, 2.05) is 0 Å². The number of sulfone groups is 1. The fraction of sp³-hybridized carbons (Fsp3) is 0.0435. The molecule has 3 aromatic rings. The zero-order chi connectivity index (χ0) is 23.3. The van der Waals surface area contributed by atoms with Crippen molar-refractivity contribution in [1.82, 2.24) is 0 Å². The first kappa shape index (κ1) is 23.5. The third kappa shape index (κ3) is 6.43. The van der Waals surface area contributed by atoms with Gasteiger partial charge in [-0.1, -0.05) is 41.4 Å². The van der Waals surface area contributed by atoms with Crippen LogP contribution in [-0.2, 0) is 14.6 Å². The van der Waals surface area contributed by atoms with Gasteiger partial charge in [-0.2, -0.15) is 0 Å². The number of carbonyl (C=O) groups excluding carboxylic acids is 2. The van der Waals surface area contributed by atoms with E-state index in [1.54, 1.807) is 42.5 Å². The lowest BCUT2D eigenvalue weighted by Gasteiger charge is -2.10. The van der Waals surface area contributed by atoms with Crippen molar-refractivity contribution in [3.63, 3.8) is 0 Å². The predicted octanol–water partition coefficient (Wildman–Crippen LogP) is 5.30. The van der Waals surface area contributed by atoms with Crippen molar-refractivity contribution >= 4 is 62.3 Å². The number of hydrogen-bond donors (Lipinski definition) is 2. The fourth-order valence-electron chi connectivity index (χ4n) is 2.69. The summed E-state index contributed by atoms with van der Waals surface area (Å²) < 4.78 is 23.4. The molecule has 0 atom stereocenters. The standard InChI is InChI=1S/C23H18Cl2N2O4S/c1-32(30,31)19-4-2-3-16(13-19)23(29)27-21-11-10-18(14-20(21)25)26-22(28)12-7-15-5-8-17(24)9-6-15/h2-14H,1H3,(H,26,28)(H,27,29)/b12-7+. The summed E-state index contributed by atoms with van der Waals surface area (Å²) in [6, 6.07) is 17.3. The fourth-order valence-corrected chi connectivity index (χ4v) is 3.71. The van der Waals surface area contributed by atoms with Crippen molar-refractivity contribution < 1.29 is 18.0 Å². The van der Waals surface area contributed by atoms with E-state index in [2.05, 4.69) is 10.6 Å². The van der Waals surface area contributed by atoms with Gasteiger partial charge in [0.1, 0.15) is 0 Å². The average Bonchev–Trinajstić information content (AvgIpc) is 2.74. The summed E-state index contributed by atoms with van der Waals surface area (Å²) in [6.07, 6.45) is 4.09. The molecule has 0 saturated carbocycles. The summed E-state index contributed by atoms with van der Waals surface area (Å²) >= 11 is 12.1. The van der Waals surface area contributed by atoms with Gasteiger partial charge in [-0.25, -0.2) is 8.42 Å². The van der Waals surface area contributed by atoms with Crippen LogP contribution in [0.15, 0.2) is 77.7 Å². The summed E-state index contributed by atoms with van der Waals surface area (Å²) in [6.45, 7) is 0. The quantitative estimate of drug-likeness (QED) is 0.460. The summed E-state index contributed by atoms with van der Waals surface area (Å²) in [5.41, 5.74) is 1.75. The normalized spacial score (nSPS) is 11.3. The lowest BCUT2D eigenvalue weighted by atomic mass is 10.2. The van der Waals surface area contributed by atoms with E-state index in [0.717, 1.165) is 11.8 Å². The van der Waals surface area contributed by atoms with Crippen LogP contribution >= 0.6 is 23.2 Å². The van der Waals surface area contributed by atoms with Crippen LogP contribution < -0.4 is 10.6 Å². The Kier molecular flexibility index (Phi) is 7.35. The van der Waals surface area contributed by atoms with E-state index in [-0.39, 0.29) is 21.4 Å². The minimum absolute atomic E-state index is 0.0426. The molecule has 32 heavy (non-hydrogen) atoms. The minimum atomic E-state index is -3.44. The van der Waals surface area contributed by atoms with Crippen molar-refractivity contribution in [2.45, 2.75) is 4.90 Å². The maximum Gasteiger partial charge on any atom is 0.255 e. The number of hydrogen-bond acceptors (Lipinski definition) is 4. The van der Waals surface area contributed by atoms with Gasteiger partial charge < -0.3 is 10.6 Å². The zero-order valence-electron chi connectivity index (χ0n) is 16.8. The number of carbonyl (C=O) groups is 2. The van der Waals surface area contributed by atoms with Crippen LogP contribution in [-0.4, -0.2) is 26.5 Å². The van der Waals surface area contributed by atoms with Gasteiger partial charge in [-0.15, -0.1) is 0 Å². The van der Waals surface area contributed by atoms with Gasteiger partial charge in [0.2, 0.25) is 5.91 Å². The van der Waals surface area contributed by atoms with Crippen LogP contribution in [0, 0.1) is 0 Å². The molecular weight excluding hydrogens is 471 g/mol. The third-order valence-electron chi connectivity index (χ3n) is 4.31. The van der Waals surface area contributed by atoms with Crippen LogP contribution in [0.4, 0.5) is 11.4 Å². The van der Waals surface area contributed by atoms with Crippen LogP contribution in [0.2, 0.25) is 10.0 Å². The second-order valence-electron chi connectivity index (χ2n) is 6.82. The van der Waals surface area contributed by atoms with Gasteiger partial charge >= 0.3 is 0 Å². The SMILES string of the molecule is CS(=O)(=O)c1cccc(C(=O)Nc2ccc(NC(=O)/C=C/c3ccc(Cl)cc3)cc2Cl)c1. The molecule has 6 nitrogen and oxygen atoms in total. The van der Waals surface area contributed by atoms with Crippen molar-refractivity contribution in [3.8, 4) is 0 Å². The van der Waals surface area contributed by atoms with Crippen molar-refractivity contribution in [2.75, 3.05) is 16.9 Å². The largest absolute Gasteiger partial charge is 0.322 e. The highest BCUT2D eigenvalue weighted by molar-refractivity contribution is 7.90. The molecule has 0 aliphatic heterocycles. The van der Waals surface area contributed by atoms with E-state index >= 15 is 0 Å². The molecule has 0 spiro atoms. The number of nitrogens with one attached hydrogen (secondary N) is 2. The van der Waals surface area contributed by atoms with E-state index in [9.17, 15) is 18.0 Å². The second-order valence-corrected chi connectivity index (χ2v) is 9.68. The Morgan fingerprint density at radius 3 is 2.28 bits per heavy atom. The predicted molar refractivity (Wildman–Crippen MR) is 128 cm³/mol. The van der Waals surface area contributed by atoms with Gasteiger partial charge in [0, 0.05) is 28.6 Å². The molecule has 9 heteroatoms. The Balaban J connectivity index is 1.66. The molecule has 0 saturated heterocycles. The molecule has 3 aromatic carbocycles. The summed E-state index contributed by atoms with van der Waals surface area (Å²) in [5.74, 6) is -0.870. The molecule has 0 bridgehead atoms. The Morgan fingerprint density at radius 2 is 1.62 bits per heavy atom. The van der Waals surface area contributed by atoms with E-state index in [1.165, 1.54) is 36.4 Å². The first-order valence-corrected chi connectivity index (χ1v) is 11.9. The average molecular weight is 489 g/mol. The molecular formula is C23H18Cl2N2O4S. The van der Waals surface area contributed by atoms with E-state index in [0.29, 0.717) is 16.4 Å². The number of rotatable bonds is 6. The van der Waals surface area contributed by atoms with E-state index in [4.69, 9.17) is 23.2 Å². The lowest BCUT2D eigenvalue weighted by Crippen LogP contribution is -2.13. The molecule has 0 aromatic heterocycles. The number of halogens is 2. The molecule has 0 heterocycles. The van der Waals surface area contributed by atoms with Gasteiger partial charge in [-0.05, 0) is 60.2 Å². The molecule has 2 amide bonds. The van der Waals surface area contributed by atoms with Crippen molar-refractivity contribution in [3.05, 3.63) is 94.0 Å². The van der Waals surface area contributed by atoms with Crippen molar-refractivity contribution in [2.24, 2.45) is 0 Å². The number of benzene rings is 3. The van der Waals surface area contributed by atoms with Crippen LogP contribution in [0.1, 0.15) is 15.9 Å². The Hall–Kier alpha value is -3.13. The molecule has 164 valence electrons. The number of amides is 2. The summed E-state index contributed by atoms with van der Waals surface area (Å²) in [7, 11) is -3.44. The molecule has 0 fully saturated rings.